The van der Waals surface area contributed by atoms with E-state index in [0.717, 1.165) is 10.4 Å². The maximum atomic E-state index is 13.9. The van der Waals surface area contributed by atoms with Crippen LogP contribution in [0.2, 0.25) is 0 Å². The van der Waals surface area contributed by atoms with Gasteiger partial charge in [0, 0.05) is 23.5 Å². The molecule has 0 aliphatic rings. The van der Waals surface area contributed by atoms with Gasteiger partial charge >= 0.3 is 0 Å². The summed E-state index contributed by atoms with van der Waals surface area (Å²) in [5, 5.41) is 7.84. The number of benzene rings is 1. The summed E-state index contributed by atoms with van der Waals surface area (Å²) in [5.41, 5.74) is 1.56. The fourth-order valence-corrected chi connectivity index (χ4v) is 2.74. The lowest BCUT2D eigenvalue weighted by Crippen LogP contribution is -2.41. The predicted molar refractivity (Wildman–Crippen MR) is 84.7 cm³/mol. The normalized spacial score (nSPS) is 12.1. The first-order valence-corrected chi connectivity index (χ1v) is 7.83. The van der Waals surface area contributed by atoms with Gasteiger partial charge < -0.3 is 10.6 Å². The summed E-state index contributed by atoms with van der Waals surface area (Å²) in [5.74, 6) is -0.254. The number of carbonyl (C=O) groups excluding carboxylic acids is 1. The van der Waals surface area contributed by atoms with Gasteiger partial charge in [0.1, 0.15) is 5.82 Å². The second-order valence-electron chi connectivity index (χ2n) is 4.79. The van der Waals surface area contributed by atoms with E-state index in [2.05, 4.69) is 10.6 Å². The van der Waals surface area contributed by atoms with Crippen molar-refractivity contribution in [2.24, 2.45) is 0 Å². The van der Waals surface area contributed by atoms with E-state index in [1.165, 1.54) is 17.4 Å². The molecule has 1 aromatic heterocycles. The molecule has 1 aromatic carbocycles. The molecule has 21 heavy (non-hydrogen) atoms. The Morgan fingerprint density at radius 2 is 2.19 bits per heavy atom. The fourth-order valence-electron chi connectivity index (χ4n) is 1.99. The standard InChI is InChI=1S/C16H19FN2OS/c1-3-18-16(20)11(2)19-10-12-6-7-14(17)13(9-12)15-5-4-8-21-15/h4-9,11,19H,3,10H2,1-2H3,(H,18,20). The van der Waals surface area contributed by atoms with E-state index < -0.39 is 0 Å². The molecule has 0 fully saturated rings. The van der Waals surface area contributed by atoms with Gasteiger partial charge in [-0.3, -0.25) is 4.79 Å². The third-order valence-electron chi connectivity index (χ3n) is 3.17. The van der Waals surface area contributed by atoms with Crippen molar-refractivity contribution in [3.8, 4) is 10.4 Å². The van der Waals surface area contributed by atoms with Crippen molar-refractivity contribution in [1.29, 1.82) is 0 Å². The van der Waals surface area contributed by atoms with Crippen LogP contribution < -0.4 is 10.6 Å². The molecule has 3 nitrogen and oxygen atoms in total. The first kappa shape index (κ1) is 15.7. The Kier molecular flexibility index (Phi) is 5.47. The molecular weight excluding hydrogens is 287 g/mol. The first-order chi connectivity index (χ1) is 10.1. The Labute approximate surface area is 128 Å². The van der Waals surface area contributed by atoms with E-state index >= 15 is 0 Å². The largest absolute Gasteiger partial charge is 0.355 e. The van der Waals surface area contributed by atoms with Crippen molar-refractivity contribution < 1.29 is 9.18 Å². The lowest BCUT2D eigenvalue weighted by molar-refractivity contribution is -0.122. The average Bonchev–Trinajstić information content (AvgIpc) is 3.00. The molecule has 0 aliphatic heterocycles. The van der Waals surface area contributed by atoms with Gasteiger partial charge in [0.2, 0.25) is 5.91 Å². The number of nitrogens with one attached hydrogen (secondary N) is 2. The first-order valence-electron chi connectivity index (χ1n) is 6.95. The van der Waals surface area contributed by atoms with Crippen LogP contribution in [0, 0.1) is 5.82 Å². The summed E-state index contributed by atoms with van der Waals surface area (Å²) >= 11 is 1.51. The molecule has 1 atom stereocenters. The minimum absolute atomic E-state index is 0.0295. The molecule has 1 unspecified atom stereocenters. The van der Waals surface area contributed by atoms with E-state index in [1.807, 2.05) is 37.4 Å². The zero-order valence-electron chi connectivity index (χ0n) is 12.2. The Bertz CT molecular complexity index is 598. The zero-order chi connectivity index (χ0) is 15.2. The maximum absolute atomic E-state index is 13.9. The van der Waals surface area contributed by atoms with Crippen LogP contribution in [-0.2, 0) is 11.3 Å². The van der Waals surface area contributed by atoms with Crippen LogP contribution in [0.4, 0.5) is 4.39 Å². The molecule has 0 bridgehead atoms. The summed E-state index contributed by atoms with van der Waals surface area (Å²) in [7, 11) is 0. The lowest BCUT2D eigenvalue weighted by atomic mass is 10.1. The van der Waals surface area contributed by atoms with E-state index in [0.29, 0.717) is 18.7 Å². The fraction of sp³-hybridized carbons (Fsp3) is 0.312. The summed E-state index contributed by atoms with van der Waals surface area (Å²) in [6.45, 7) is 4.84. The molecule has 0 spiro atoms. The molecular formula is C16H19FN2OS. The van der Waals surface area contributed by atoms with E-state index in [9.17, 15) is 9.18 Å². The molecule has 0 radical (unpaired) electrons. The number of hydrogen-bond donors (Lipinski definition) is 2. The molecule has 2 rings (SSSR count). The van der Waals surface area contributed by atoms with Crippen LogP contribution in [0.25, 0.3) is 10.4 Å². The Balaban J connectivity index is 2.05. The van der Waals surface area contributed by atoms with Crippen LogP contribution >= 0.6 is 11.3 Å². The molecule has 1 amide bonds. The molecule has 1 heterocycles. The number of amides is 1. The van der Waals surface area contributed by atoms with Crippen molar-refractivity contribution in [3.63, 3.8) is 0 Å². The smallest absolute Gasteiger partial charge is 0.236 e. The molecule has 2 aromatic rings. The van der Waals surface area contributed by atoms with Gasteiger partial charge in [0.05, 0.1) is 6.04 Å². The second-order valence-corrected chi connectivity index (χ2v) is 5.74. The molecule has 0 saturated carbocycles. The van der Waals surface area contributed by atoms with Crippen molar-refractivity contribution in [1.82, 2.24) is 10.6 Å². The van der Waals surface area contributed by atoms with Crippen LogP contribution in [0.3, 0.4) is 0 Å². The molecule has 2 N–H and O–H groups in total. The summed E-state index contributed by atoms with van der Waals surface area (Å²) in [6.07, 6.45) is 0. The van der Waals surface area contributed by atoms with Crippen LogP contribution in [0.5, 0.6) is 0 Å². The van der Waals surface area contributed by atoms with Gasteiger partial charge in [-0.05, 0) is 43.0 Å². The van der Waals surface area contributed by atoms with Crippen molar-refractivity contribution >= 4 is 17.2 Å². The van der Waals surface area contributed by atoms with Crippen LogP contribution in [0.15, 0.2) is 35.7 Å². The maximum Gasteiger partial charge on any atom is 0.236 e. The number of carbonyl (C=O) groups is 1. The highest BCUT2D eigenvalue weighted by molar-refractivity contribution is 7.13. The summed E-state index contributed by atoms with van der Waals surface area (Å²) < 4.78 is 13.9. The van der Waals surface area contributed by atoms with Gasteiger partial charge in [0.15, 0.2) is 0 Å². The summed E-state index contributed by atoms with van der Waals surface area (Å²) in [4.78, 5) is 12.5. The molecule has 5 heteroatoms. The highest BCUT2D eigenvalue weighted by atomic mass is 32.1. The van der Waals surface area contributed by atoms with Crippen LogP contribution in [0.1, 0.15) is 19.4 Å². The van der Waals surface area contributed by atoms with E-state index in [1.54, 1.807) is 6.07 Å². The molecule has 0 saturated heterocycles. The topological polar surface area (TPSA) is 41.1 Å². The Morgan fingerprint density at radius 1 is 1.38 bits per heavy atom. The van der Waals surface area contributed by atoms with E-state index in [4.69, 9.17) is 0 Å². The highest BCUT2D eigenvalue weighted by Crippen LogP contribution is 2.28. The average molecular weight is 306 g/mol. The minimum Gasteiger partial charge on any atom is -0.355 e. The van der Waals surface area contributed by atoms with Gasteiger partial charge in [-0.2, -0.15) is 0 Å². The van der Waals surface area contributed by atoms with Crippen molar-refractivity contribution in [3.05, 3.63) is 47.1 Å². The van der Waals surface area contributed by atoms with Crippen LogP contribution in [-0.4, -0.2) is 18.5 Å². The van der Waals surface area contributed by atoms with Gasteiger partial charge in [-0.1, -0.05) is 12.1 Å². The minimum atomic E-state index is -0.278. The molecule has 0 aliphatic carbocycles. The van der Waals surface area contributed by atoms with Gasteiger partial charge in [-0.25, -0.2) is 4.39 Å². The number of likely N-dealkylation sites (N-methyl/N-ethyl adjacent to an activating group) is 1. The Morgan fingerprint density at radius 3 is 2.86 bits per heavy atom. The molecule has 112 valence electrons. The van der Waals surface area contributed by atoms with E-state index in [-0.39, 0.29) is 17.8 Å². The second kappa shape index (κ2) is 7.33. The number of thiophene rings is 1. The zero-order valence-corrected chi connectivity index (χ0v) is 13.0. The van der Waals surface area contributed by atoms with Crippen molar-refractivity contribution in [2.45, 2.75) is 26.4 Å². The van der Waals surface area contributed by atoms with Gasteiger partial charge in [-0.15, -0.1) is 11.3 Å². The highest BCUT2D eigenvalue weighted by Gasteiger charge is 2.12. The Hall–Kier alpha value is -1.72. The lowest BCUT2D eigenvalue weighted by Gasteiger charge is -2.13. The third kappa shape index (κ3) is 4.12. The number of rotatable bonds is 6. The SMILES string of the molecule is CCNC(=O)C(C)NCc1ccc(F)c(-c2cccs2)c1. The third-order valence-corrected chi connectivity index (χ3v) is 4.08. The van der Waals surface area contributed by atoms with Gasteiger partial charge in [0.25, 0.3) is 0 Å². The summed E-state index contributed by atoms with van der Waals surface area (Å²) in [6, 6.07) is 8.57. The monoisotopic (exact) mass is 306 g/mol. The number of halogens is 1. The predicted octanol–water partition coefficient (Wildman–Crippen LogP) is 3.17. The number of hydrogen-bond acceptors (Lipinski definition) is 3. The van der Waals surface area contributed by atoms with Crippen molar-refractivity contribution in [2.75, 3.05) is 6.54 Å². The quantitative estimate of drug-likeness (QED) is 0.860.